The van der Waals surface area contributed by atoms with Gasteiger partial charge in [0.15, 0.2) is 0 Å². The summed E-state index contributed by atoms with van der Waals surface area (Å²) in [4.78, 5) is 16.5. The van der Waals surface area contributed by atoms with E-state index in [2.05, 4.69) is 16.1 Å². The lowest BCUT2D eigenvalue weighted by Gasteiger charge is -2.40. The number of aromatic nitrogens is 3. The highest BCUT2D eigenvalue weighted by atomic mass is 35.5. The van der Waals surface area contributed by atoms with Crippen molar-refractivity contribution in [1.82, 2.24) is 14.8 Å². The van der Waals surface area contributed by atoms with Crippen molar-refractivity contribution in [2.45, 2.75) is 37.1 Å². The largest absolute Gasteiger partial charge is 0.330 e. The molecule has 6 heteroatoms. The average molecular weight is 395 g/mol. The topological polar surface area (TPSA) is 73.8 Å². The molecule has 3 aromatic rings. The third kappa shape index (κ3) is 3.60. The number of nitrogens with two attached hydrogens (primary N) is 1. The molecule has 2 aromatic heterocycles. The number of halogens is 1. The lowest BCUT2D eigenvalue weighted by molar-refractivity contribution is 0.222. The Bertz CT molecular complexity index is 1010. The average Bonchev–Trinajstić information content (AvgIpc) is 2.75. The number of hydrogen-bond donors (Lipinski definition) is 1. The summed E-state index contributed by atoms with van der Waals surface area (Å²) in [6, 6.07) is 15.2. The summed E-state index contributed by atoms with van der Waals surface area (Å²) in [6.45, 7) is 0.569. The van der Waals surface area contributed by atoms with Crippen LogP contribution in [0.1, 0.15) is 37.3 Å². The molecule has 0 unspecified atom stereocenters. The van der Waals surface area contributed by atoms with Crippen molar-refractivity contribution in [2.75, 3.05) is 6.54 Å². The predicted molar refractivity (Wildman–Crippen MR) is 111 cm³/mol. The molecule has 2 heterocycles. The van der Waals surface area contributed by atoms with E-state index in [4.69, 9.17) is 17.3 Å². The highest BCUT2D eigenvalue weighted by Crippen LogP contribution is 2.42. The van der Waals surface area contributed by atoms with Crippen molar-refractivity contribution in [3.63, 3.8) is 0 Å². The van der Waals surface area contributed by atoms with Gasteiger partial charge in [-0.3, -0.25) is 9.78 Å². The van der Waals surface area contributed by atoms with Gasteiger partial charge in [-0.15, -0.1) is 0 Å². The molecular formula is C22H23ClN4O. The van der Waals surface area contributed by atoms with Crippen molar-refractivity contribution in [2.24, 2.45) is 5.73 Å². The van der Waals surface area contributed by atoms with Crippen molar-refractivity contribution in [3.05, 3.63) is 81.9 Å². The first kappa shape index (κ1) is 18.8. The normalized spacial score (nSPS) is 22.1. The number of rotatable bonds is 4. The zero-order chi connectivity index (χ0) is 19.6. The molecule has 2 N–H and O–H groups in total. The number of benzene rings is 1. The van der Waals surface area contributed by atoms with Crippen LogP contribution in [0.25, 0.3) is 11.3 Å². The molecule has 144 valence electrons. The van der Waals surface area contributed by atoms with Crippen LogP contribution in [0.3, 0.4) is 0 Å². The smallest absolute Gasteiger partial charge is 0.267 e. The maximum absolute atomic E-state index is 12.5. The van der Waals surface area contributed by atoms with Crippen LogP contribution in [0, 0.1) is 0 Å². The zero-order valence-corrected chi connectivity index (χ0v) is 16.3. The van der Waals surface area contributed by atoms with Gasteiger partial charge in [0.05, 0.1) is 11.7 Å². The first-order valence-corrected chi connectivity index (χ1v) is 9.95. The quantitative estimate of drug-likeness (QED) is 0.726. The molecule has 1 aromatic carbocycles. The minimum absolute atomic E-state index is 0.0641. The number of pyridine rings is 1. The van der Waals surface area contributed by atoms with E-state index in [0.29, 0.717) is 6.54 Å². The van der Waals surface area contributed by atoms with E-state index in [1.54, 1.807) is 29.2 Å². The summed E-state index contributed by atoms with van der Waals surface area (Å²) >= 11 is 6.20. The van der Waals surface area contributed by atoms with Gasteiger partial charge in [-0.25, -0.2) is 4.68 Å². The molecule has 0 atom stereocenters. The highest BCUT2D eigenvalue weighted by Gasteiger charge is 2.37. The fourth-order valence-electron chi connectivity index (χ4n) is 4.19. The second kappa shape index (κ2) is 7.86. The van der Waals surface area contributed by atoms with Gasteiger partial charge in [-0.05, 0) is 61.6 Å². The fourth-order valence-corrected chi connectivity index (χ4v) is 4.38. The molecule has 4 rings (SSSR count). The summed E-state index contributed by atoms with van der Waals surface area (Å²) in [5, 5.41) is 5.38. The molecule has 0 bridgehead atoms. The molecule has 5 nitrogen and oxygen atoms in total. The Balaban J connectivity index is 1.59. The van der Waals surface area contributed by atoms with Gasteiger partial charge in [0, 0.05) is 41.0 Å². The van der Waals surface area contributed by atoms with Crippen LogP contribution in [0.5, 0.6) is 0 Å². The van der Waals surface area contributed by atoms with Gasteiger partial charge >= 0.3 is 0 Å². The zero-order valence-electron chi connectivity index (χ0n) is 15.6. The van der Waals surface area contributed by atoms with E-state index in [1.165, 1.54) is 5.56 Å². The minimum atomic E-state index is -0.0896. The molecule has 0 radical (unpaired) electrons. The molecule has 0 spiro atoms. The van der Waals surface area contributed by atoms with Gasteiger partial charge in [0.25, 0.3) is 5.56 Å². The van der Waals surface area contributed by atoms with Gasteiger partial charge in [0.2, 0.25) is 0 Å². The van der Waals surface area contributed by atoms with Crippen LogP contribution in [0.15, 0.2) is 65.7 Å². The van der Waals surface area contributed by atoms with Crippen molar-refractivity contribution < 1.29 is 0 Å². The monoisotopic (exact) mass is 394 g/mol. The van der Waals surface area contributed by atoms with Gasteiger partial charge in [-0.2, -0.15) is 5.10 Å². The van der Waals surface area contributed by atoms with Crippen LogP contribution >= 0.6 is 11.6 Å². The fraction of sp³-hybridized carbons (Fsp3) is 0.318. The van der Waals surface area contributed by atoms with E-state index >= 15 is 0 Å². The van der Waals surface area contributed by atoms with E-state index in [1.807, 2.05) is 30.3 Å². The van der Waals surface area contributed by atoms with Crippen LogP contribution in [-0.4, -0.2) is 21.3 Å². The Kier molecular flexibility index (Phi) is 5.29. The third-order valence-corrected chi connectivity index (χ3v) is 6.12. The predicted octanol–water partition coefficient (Wildman–Crippen LogP) is 3.97. The SMILES string of the molecule is NC[C@]1(c2cccc(Cl)c2)CC[C@@H](n2nc(-c3ccncc3)ccc2=O)CC1. The number of hydrogen-bond acceptors (Lipinski definition) is 4. The standard InChI is InChI=1S/C22H23ClN4O/c23-18-3-1-2-17(14-18)22(15-24)10-6-19(7-11-22)27-21(28)5-4-20(26-27)16-8-12-25-13-9-16/h1-5,8-9,12-14,19H,6-7,10-11,15,24H2/t19-,22+. The first-order chi connectivity index (χ1) is 13.6. The van der Waals surface area contributed by atoms with E-state index in [9.17, 15) is 4.79 Å². The number of nitrogens with zero attached hydrogens (tertiary/aromatic N) is 3. The minimum Gasteiger partial charge on any atom is -0.330 e. The first-order valence-electron chi connectivity index (χ1n) is 9.58. The second-order valence-electron chi connectivity index (χ2n) is 7.46. The van der Waals surface area contributed by atoms with E-state index in [-0.39, 0.29) is 17.0 Å². The van der Waals surface area contributed by atoms with Gasteiger partial charge < -0.3 is 5.73 Å². The lowest BCUT2D eigenvalue weighted by atomic mass is 9.68. The Morgan fingerprint density at radius 2 is 1.86 bits per heavy atom. The van der Waals surface area contributed by atoms with E-state index in [0.717, 1.165) is 42.0 Å². The van der Waals surface area contributed by atoms with Crippen LogP contribution in [0.2, 0.25) is 5.02 Å². The molecule has 28 heavy (non-hydrogen) atoms. The molecule has 0 aliphatic heterocycles. The summed E-state index contributed by atoms with van der Waals surface area (Å²) in [6.07, 6.45) is 6.98. The van der Waals surface area contributed by atoms with Crippen LogP contribution < -0.4 is 11.3 Å². The molecule has 0 amide bonds. The Morgan fingerprint density at radius 1 is 1.11 bits per heavy atom. The van der Waals surface area contributed by atoms with Crippen LogP contribution in [0.4, 0.5) is 0 Å². The maximum atomic E-state index is 12.5. The summed E-state index contributed by atoms with van der Waals surface area (Å²) in [5.41, 5.74) is 8.97. The molecule has 1 aliphatic carbocycles. The van der Waals surface area contributed by atoms with Gasteiger partial charge in [0.1, 0.15) is 0 Å². The lowest BCUT2D eigenvalue weighted by Crippen LogP contribution is -2.41. The van der Waals surface area contributed by atoms with Crippen molar-refractivity contribution in [1.29, 1.82) is 0 Å². The Hall–Kier alpha value is -2.50. The second-order valence-corrected chi connectivity index (χ2v) is 7.90. The van der Waals surface area contributed by atoms with E-state index < -0.39 is 0 Å². The molecule has 1 aliphatic rings. The summed E-state index contributed by atoms with van der Waals surface area (Å²) < 4.78 is 1.65. The van der Waals surface area contributed by atoms with Crippen molar-refractivity contribution in [3.8, 4) is 11.3 Å². The molecule has 1 fully saturated rings. The Morgan fingerprint density at radius 3 is 2.54 bits per heavy atom. The third-order valence-electron chi connectivity index (χ3n) is 5.89. The molecule has 0 saturated heterocycles. The molecule has 1 saturated carbocycles. The van der Waals surface area contributed by atoms with Gasteiger partial charge in [-0.1, -0.05) is 23.7 Å². The summed E-state index contributed by atoms with van der Waals surface area (Å²) in [5.74, 6) is 0. The van der Waals surface area contributed by atoms with Crippen LogP contribution in [-0.2, 0) is 5.41 Å². The molecular weight excluding hydrogens is 372 g/mol. The van der Waals surface area contributed by atoms with Crippen molar-refractivity contribution >= 4 is 11.6 Å². The Labute approximate surface area is 169 Å². The highest BCUT2D eigenvalue weighted by molar-refractivity contribution is 6.30. The maximum Gasteiger partial charge on any atom is 0.267 e. The summed E-state index contributed by atoms with van der Waals surface area (Å²) in [7, 11) is 0.